The van der Waals surface area contributed by atoms with E-state index >= 15 is 0 Å². The summed E-state index contributed by atoms with van der Waals surface area (Å²) in [6, 6.07) is 10.8. The van der Waals surface area contributed by atoms with Gasteiger partial charge in [-0.1, -0.05) is 104 Å². The number of para-hydroxylation sites is 1. The molecule has 39 heavy (non-hydrogen) atoms. The molecular formula is C34H59NO3S. The molecular weight excluding hydrogens is 502 g/mol. The zero-order valence-electron chi connectivity index (χ0n) is 25.6. The smallest absolute Gasteiger partial charge is 0.285 e. The molecule has 1 heterocycles. The number of unbranched alkanes of at least 4 members (excludes halogenated alkanes) is 8. The Bertz CT molecular complexity index is 794. The fourth-order valence-corrected chi connectivity index (χ4v) is 5.62. The number of hydrogen-bond acceptors (Lipinski definition) is 4. The number of H-pyrrole nitrogens is 1. The van der Waals surface area contributed by atoms with E-state index in [9.17, 15) is 0 Å². The van der Waals surface area contributed by atoms with Crippen LogP contribution in [0.1, 0.15) is 123 Å². The Balaban J connectivity index is 2.28. The summed E-state index contributed by atoms with van der Waals surface area (Å²) in [6.45, 7) is 11.0. The van der Waals surface area contributed by atoms with Crippen molar-refractivity contribution in [3.05, 3.63) is 36.0 Å². The average molecular weight is 562 g/mol. The Kier molecular flexibility index (Phi) is 18.2. The first-order valence-corrected chi connectivity index (χ1v) is 16.8. The first-order valence-electron chi connectivity index (χ1n) is 16.2. The number of thiol groups is 1. The van der Waals surface area contributed by atoms with Gasteiger partial charge in [0.05, 0.1) is 19.8 Å². The van der Waals surface area contributed by atoms with Gasteiger partial charge in [-0.3, -0.25) is 0 Å². The van der Waals surface area contributed by atoms with Crippen LogP contribution in [0.4, 0.5) is 0 Å². The molecule has 224 valence electrons. The van der Waals surface area contributed by atoms with Crippen molar-refractivity contribution < 1.29 is 14.2 Å². The van der Waals surface area contributed by atoms with Crippen molar-refractivity contribution in [1.82, 2.24) is 4.98 Å². The Morgan fingerprint density at radius 2 is 1.31 bits per heavy atom. The van der Waals surface area contributed by atoms with Gasteiger partial charge in [0, 0.05) is 17.1 Å². The molecule has 0 saturated carbocycles. The quantitative estimate of drug-likeness (QED) is 0.0720. The molecule has 0 radical (unpaired) electrons. The summed E-state index contributed by atoms with van der Waals surface area (Å²) in [5.74, 6) is 0.447. The van der Waals surface area contributed by atoms with Crippen molar-refractivity contribution in [1.29, 1.82) is 0 Å². The SMILES string of the molecule is CCCCCCCCC(CC(CS)Cc1cc2ccccc2[nH]1)C(OCCCC)(OCCCC)OCCCC. The first-order chi connectivity index (χ1) is 19.1. The van der Waals surface area contributed by atoms with Crippen LogP contribution in [-0.4, -0.2) is 36.5 Å². The van der Waals surface area contributed by atoms with Gasteiger partial charge in [-0.05, 0) is 67.7 Å². The molecule has 5 heteroatoms. The number of hydrogen-bond donors (Lipinski definition) is 2. The zero-order valence-corrected chi connectivity index (χ0v) is 26.5. The molecule has 0 amide bonds. The van der Waals surface area contributed by atoms with Crippen molar-refractivity contribution in [2.24, 2.45) is 11.8 Å². The van der Waals surface area contributed by atoms with E-state index in [-0.39, 0.29) is 5.92 Å². The number of ether oxygens (including phenoxy) is 3. The number of benzene rings is 1. The molecule has 0 fully saturated rings. The van der Waals surface area contributed by atoms with Crippen molar-refractivity contribution in [3.8, 4) is 0 Å². The highest BCUT2D eigenvalue weighted by molar-refractivity contribution is 7.80. The number of fused-ring (bicyclic) bond motifs is 1. The van der Waals surface area contributed by atoms with Gasteiger partial charge in [0.15, 0.2) is 0 Å². The second-order valence-electron chi connectivity index (χ2n) is 11.3. The standard InChI is InChI=1S/C34H59NO3S/c1-5-9-13-14-15-16-20-31(25-29(28-39)26-32-27-30-19-17-18-21-33(30)35-32)34(36-22-10-6-2,37-23-11-7-3)38-24-12-8-4/h17-19,21,27,29,31,35,39H,5-16,20,22-26,28H2,1-4H3. The van der Waals surface area contributed by atoms with E-state index in [1.807, 2.05) is 0 Å². The summed E-state index contributed by atoms with van der Waals surface area (Å²) in [5.41, 5.74) is 2.49. The topological polar surface area (TPSA) is 43.5 Å². The van der Waals surface area contributed by atoms with Crippen LogP contribution in [0.15, 0.2) is 30.3 Å². The molecule has 2 unspecified atom stereocenters. The lowest BCUT2D eigenvalue weighted by atomic mass is 9.86. The minimum Gasteiger partial charge on any atom is -0.358 e. The molecule has 2 rings (SSSR count). The highest BCUT2D eigenvalue weighted by Crippen LogP contribution is 2.37. The molecule has 0 spiro atoms. The Hall–Kier alpha value is -1.01. The highest BCUT2D eigenvalue weighted by atomic mass is 32.1. The van der Waals surface area contributed by atoms with Crippen LogP contribution >= 0.6 is 12.6 Å². The van der Waals surface area contributed by atoms with Gasteiger partial charge >= 0.3 is 0 Å². The van der Waals surface area contributed by atoms with Crippen molar-refractivity contribution in [2.75, 3.05) is 25.6 Å². The lowest BCUT2D eigenvalue weighted by Crippen LogP contribution is -2.48. The molecule has 1 N–H and O–H groups in total. The fraction of sp³-hybridized carbons (Fsp3) is 0.765. The van der Waals surface area contributed by atoms with Gasteiger partial charge in [-0.15, -0.1) is 0 Å². The monoisotopic (exact) mass is 561 g/mol. The Labute approximate surface area is 245 Å². The number of aromatic amines is 1. The van der Waals surface area contributed by atoms with Gasteiger partial charge in [-0.2, -0.15) is 12.6 Å². The van der Waals surface area contributed by atoms with Crippen molar-refractivity contribution in [2.45, 2.75) is 130 Å². The largest absolute Gasteiger partial charge is 0.358 e. The predicted molar refractivity (Wildman–Crippen MR) is 171 cm³/mol. The van der Waals surface area contributed by atoms with Gasteiger partial charge in [0.25, 0.3) is 5.97 Å². The lowest BCUT2D eigenvalue weighted by molar-refractivity contribution is -0.408. The Morgan fingerprint density at radius 3 is 1.87 bits per heavy atom. The fourth-order valence-electron chi connectivity index (χ4n) is 5.34. The molecule has 2 atom stereocenters. The zero-order chi connectivity index (χ0) is 28.2. The maximum absolute atomic E-state index is 6.69. The minimum absolute atomic E-state index is 0.177. The predicted octanol–water partition coefficient (Wildman–Crippen LogP) is 10.1. The van der Waals surface area contributed by atoms with Gasteiger partial charge in [0.2, 0.25) is 0 Å². The average Bonchev–Trinajstić information content (AvgIpc) is 3.36. The molecule has 0 aliphatic rings. The summed E-state index contributed by atoms with van der Waals surface area (Å²) < 4.78 is 20.1. The van der Waals surface area contributed by atoms with Crippen LogP contribution in [0.5, 0.6) is 0 Å². The molecule has 1 aromatic heterocycles. The molecule has 0 saturated heterocycles. The van der Waals surface area contributed by atoms with Gasteiger partial charge in [0.1, 0.15) is 0 Å². The molecule has 1 aromatic carbocycles. The van der Waals surface area contributed by atoms with Gasteiger partial charge < -0.3 is 19.2 Å². The number of nitrogens with one attached hydrogen (secondary N) is 1. The van der Waals surface area contributed by atoms with Gasteiger partial charge in [-0.25, -0.2) is 0 Å². The van der Waals surface area contributed by atoms with E-state index < -0.39 is 5.97 Å². The summed E-state index contributed by atoms with van der Waals surface area (Å²) in [6.07, 6.45) is 17.1. The Morgan fingerprint density at radius 1 is 0.744 bits per heavy atom. The van der Waals surface area contributed by atoms with Crippen LogP contribution < -0.4 is 0 Å². The number of rotatable bonds is 25. The third kappa shape index (κ3) is 12.6. The van der Waals surface area contributed by atoms with Crippen LogP contribution in [0.2, 0.25) is 0 Å². The second-order valence-corrected chi connectivity index (χ2v) is 11.7. The molecule has 0 bridgehead atoms. The van der Waals surface area contributed by atoms with Crippen LogP contribution in [-0.2, 0) is 20.6 Å². The van der Waals surface area contributed by atoms with E-state index in [1.165, 1.54) is 55.1 Å². The van der Waals surface area contributed by atoms with E-state index in [4.69, 9.17) is 26.8 Å². The summed E-state index contributed by atoms with van der Waals surface area (Å²) in [5, 5.41) is 1.28. The van der Waals surface area contributed by atoms with E-state index in [0.717, 1.165) is 63.5 Å². The van der Waals surface area contributed by atoms with Crippen LogP contribution in [0.3, 0.4) is 0 Å². The van der Waals surface area contributed by atoms with Crippen LogP contribution in [0.25, 0.3) is 10.9 Å². The second kappa shape index (κ2) is 20.8. The molecule has 2 aromatic rings. The summed E-state index contributed by atoms with van der Waals surface area (Å²) >= 11 is 4.85. The normalized spacial score (nSPS) is 13.8. The molecule has 0 aliphatic carbocycles. The van der Waals surface area contributed by atoms with Crippen molar-refractivity contribution >= 4 is 23.5 Å². The van der Waals surface area contributed by atoms with E-state index in [0.29, 0.717) is 25.7 Å². The number of aromatic nitrogens is 1. The summed E-state index contributed by atoms with van der Waals surface area (Å²) in [7, 11) is 0. The summed E-state index contributed by atoms with van der Waals surface area (Å²) in [4.78, 5) is 3.64. The van der Waals surface area contributed by atoms with Crippen molar-refractivity contribution in [3.63, 3.8) is 0 Å². The lowest BCUT2D eigenvalue weighted by Gasteiger charge is -2.41. The maximum atomic E-state index is 6.69. The molecule has 0 aliphatic heterocycles. The first kappa shape index (κ1) is 34.2. The van der Waals surface area contributed by atoms with E-state index in [2.05, 4.69) is 63.0 Å². The maximum Gasteiger partial charge on any atom is 0.285 e. The van der Waals surface area contributed by atoms with E-state index in [1.54, 1.807) is 0 Å². The molecule has 4 nitrogen and oxygen atoms in total. The highest BCUT2D eigenvalue weighted by Gasteiger charge is 2.43. The van der Waals surface area contributed by atoms with Crippen LogP contribution in [0, 0.1) is 11.8 Å². The third-order valence-corrected chi connectivity index (χ3v) is 8.30. The minimum atomic E-state index is -0.968. The third-order valence-electron chi connectivity index (χ3n) is 7.78.